The quantitative estimate of drug-likeness (QED) is 0.118. The number of benzene rings is 1. The van der Waals surface area contributed by atoms with Crippen molar-refractivity contribution in [2.45, 2.75) is 24.9 Å². The molecule has 0 heterocycles. The van der Waals surface area contributed by atoms with E-state index in [-0.39, 0.29) is 23.5 Å². The van der Waals surface area contributed by atoms with Crippen LogP contribution in [0.3, 0.4) is 0 Å². The third-order valence-electron chi connectivity index (χ3n) is 4.77. The minimum Gasteiger partial charge on any atom is -0.478 e. The number of hydrogen-bond acceptors (Lipinski definition) is 7. The first kappa shape index (κ1) is 28.4. The Morgan fingerprint density at radius 1 is 1.03 bits per heavy atom. The molecule has 0 aliphatic heterocycles. The molecule has 176 valence electrons. The maximum Gasteiger partial charge on any atom is 0.426 e. The molecule has 9 nitrogen and oxygen atoms in total. The Balaban J connectivity index is 3.20. The second-order valence-corrected chi connectivity index (χ2v) is 8.39. The van der Waals surface area contributed by atoms with Crippen LogP contribution in [0, 0.1) is 0 Å². The average Bonchev–Trinajstić information content (AvgIpc) is 2.65. The van der Waals surface area contributed by atoms with Gasteiger partial charge in [0.05, 0.1) is 17.2 Å². The van der Waals surface area contributed by atoms with E-state index in [4.69, 9.17) is 9.29 Å². The van der Waals surface area contributed by atoms with Crippen LogP contribution in [0.25, 0.3) is 0 Å². The highest BCUT2D eigenvalue weighted by atomic mass is 32.2. The van der Waals surface area contributed by atoms with Crippen LogP contribution in [0.15, 0.2) is 12.3 Å². The Kier molecular flexibility index (Phi) is 9.43. The lowest BCUT2D eigenvalue weighted by Crippen LogP contribution is -2.39. The summed E-state index contributed by atoms with van der Waals surface area (Å²) in [7, 11) is 1.65. The smallest absolute Gasteiger partial charge is 0.426 e. The van der Waals surface area contributed by atoms with E-state index in [0.717, 1.165) is 5.56 Å². The summed E-state index contributed by atoms with van der Waals surface area (Å²) in [6.45, 7) is 0. The fourth-order valence-electron chi connectivity index (χ4n) is 3.38. The van der Waals surface area contributed by atoms with Crippen molar-refractivity contribution in [1.29, 1.82) is 0 Å². The molecule has 0 aliphatic rings. The van der Waals surface area contributed by atoms with Crippen LogP contribution in [-0.4, -0.2) is 85.4 Å². The number of halogens is 3. The van der Waals surface area contributed by atoms with Crippen LogP contribution in [-0.2, 0) is 37.0 Å². The summed E-state index contributed by atoms with van der Waals surface area (Å²) >= 11 is 0. The zero-order chi connectivity index (χ0) is 25.7. The number of hydrogen-bond donors (Lipinski definition) is 2. The Morgan fingerprint density at radius 2 is 1.58 bits per heavy atom. The van der Waals surface area contributed by atoms with Gasteiger partial charge in [0.15, 0.2) is 0 Å². The first-order valence-corrected chi connectivity index (χ1v) is 11.1. The van der Waals surface area contributed by atoms with E-state index in [1.807, 2.05) is 7.85 Å². The Bertz CT molecular complexity index is 1090. The zero-order valence-corrected chi connectivity index (χ0v) is 19.0. The molecule has 33 heavy (non-hydrogen) atoms. The minimum atomic E-state index is -5.29. The van der Waals surface area contributed by atoms with Gasteiger partial charge in [0.25, 0.3) is 10.1 Å². The number of esters is 2. The third-order valence-corrected chi connectivity index (χ3v) is 5.50. The summed E-state index contributed by atoms with van der Waals surface area (Å²) in [5.74, 6) is -6.17. The lowest BCUT2D eigenvalue weighted by atomic mass is 9.68. The normalized spacial score (nSPS) is 13.0. The standard InChI is InChI=1S/C16H19B4F3O9S/c17-3-6-10(11(14(25)26)13(20)7(4-18)12(6)19)15(27)31-2-1-9(24)32-8(16(21,22)23)5-33(28,29)30/h1-2,8H,3-5,17-20H2,(H,25,26)(H,28,29,30)/b2-1+. The topological polar surface area (TPSA) is 144 Å². The second-order valence-electron chi connectivity index (χ2n) is 6.89. The Hall–Kier alpha value is -2.67. The van der Waals surface area contributed by atoms with Crippen molar-refractivity contribution < 1.29 is 55.1 Å². The van der Waals surface area contributed by atoms with Gasteiger partial charge in [-0.3, -0.25) is 4.55 Å². The van der Waals surface area contributed by atoms with Gasteiger partial charge >= 0.3 is 24.1 Å². The highest BCUT2D eigenvalue weighted by Crippen LogP contribution is 2.24. The molecule has 0 amide bonds. The first-order chi connectivity index (χ1) is 15.0. The van der Waals surface area contributed by atoms with Gasteiger partial charge in [-0.1, -0.05) is 29.1 Å². The van der Waals surface area contributed by atoms with Gasteiger partial charge in [-0.05, 0) is 5.56 Å². The molecular weight excluding hydrogens is 468 g/mol. The molecule has 1 rings (SSSR count). The number of aromatic carboxylic acids is 1. The molecule has 0 radical (unpaired) electrons. The molecule has 1 aromatic rings. The number of rotatable bonds is 9. The predicted molar refractivity (Wildman–Crippen MR) is 121 cm³/mol. The molecular formula is C16H19B4F3O9S. The molecule has 0 aliphatic carbocycles. The van der Waals surface area contributed by atoms with Gasteiger partial charge in [0.2, 0.25) is 6.10 Å². The summed E-state index contributed by atoms with van der Waals surface area (Å²) in [4.78, 5) is 36.1. The molecule has 0 bridgehead atoms. The summed E-state index contributed by atoms with van der Waals surface area (Å²) in [6, 6.07) is 0. The molecule has 0 saturated heterocycles. The summed E-state index contributed by atoms with van der Waals surface area (Å²) in [5.41, 5.74) is 1.65. The molecule has 2 N–H and O–H groups in total. The zero-order valence-electron chi connectivity index (χ0n) is 18.1. The van der Waals surface area contributed by atoms with Crippen LogP contribution >= 0.6 is 0 Å². The van der Waals surface area contributed by atoms with Gasteiger partial charge in [-0.25, -0.2) is 14.4 Å². The predicted octanol–water partition coefficient (Wildman–Crippen LogP) is -3.80. The SMILES string of the molecule is BCc1c(B)c(CB)c(C(=O)O/C=C/C(=O)OC(CS(=O)(=O)O)C(F)(F)F)c(C(=O)O)c1B. The van der Waals surface area contributed by atoms with E-state index in [1.165, 1.54) is 7.85 Å². The lowest BCUT2D eigenvalue weighted by Gasteiger charge is -2.20. The molecule has 1 aromatic carbocycles. The number of carboxylic acid groups (broad SMARTS) is 1. The van der Waals surface area contributed by atoms with Gasteiger partial charge in [0.1, 0.15) is 43.4 Å². The van der Waals surface area contributed by atoms with Gasteiger partial charge in [-0.2, -0.15) is 21.6 Å². The molecule has 0 spiro atoms. The fraction of sp³-hybridized carbons (Fsp3) is 0.312. The van der Waals surface area contributed by atoms with Crippen molar-refractivity contribution >= 4 is 70.3 Å². The fourth-order valence-corrected chi connectivity index (χ4v) is 4.02. The van der Waals surface area contributed by atoms with Crippen molar-refractivity contribution in [3.8, 4) is 0 Å². The van der Waals surface area contributed by atoms with Crippen molar-refractivity contribution in [1.82, 2.24) is 0 Å². The van der Waals surface area contributed by atoms with E-state index in [2.05, 4.69) is 4.74 Å². The lowest BCUT2D eigenvalue weighted by molar-refractivity contribution is -0.212. The maximum absolute atomic E-state index is 12.8. The molecule has 0 fully saturated rings. The summed E-state index contributed by atoms with van der Waals surface area (Å²) in [5, 5.41) is 9.63. The van der Waals surface area contributed by atoms with Crippen molar-refractivity contribution in [3.63, 3.8) is 0 Å². The highest BCUT2D eigenvalue weighted by molar-refractivity contribution is 7.85. The Morgan fingerprint density at radius 3 is 2.00 bits per heavy atom. The van der Waals surface area contributed by atoms with Crippen LogP contribution in [0.5, 0.6) is 0 Å². The minimum absolute atomic E-state index is 0.255. The van der Waals surface area contributed by atoms with Gasteiger partial charge in [-0.15, -0.1) is 0 Å². The van der Waals surface area contributed by atoms with E-state index in [1.54, 1.807) is 15.7 Å². The van der Waals surface area contributed by atoms with Crippen LogP contribution in [0.4, 0.5) is 13.2 Å². The summed E-state index contributed by atoms with van der Waals surface area (Å²) in [6.07, 6.45) is -6.98. The molecule has 17 heteroatoms. The van der Waals surface area contributed by atoms with Crippen molar-refractivity contribution in [3.05, 3.63) is 34.6 Å². The highest BCUT2D eigenvalue weighted by Gasteiger charge is 2.45. The number of carbonyl (C=O) groups is 3. The van der Waals surface area contributed by atoms with E-state index >= 15 is 0 Å². The number of carboxylic acids is 1. The van der Waals surface area contributed by atoms with Crippen molar-refractivity contribution in [2.75, 3.05) is 5.75 Å². The van der Waals surface area contributed by atoms with Crippen LogP contribution < -0.4 is 10.9 Å². The van der Waals surface area contributed by atoms with Crippen LogP contribution in [0.2, 0.25) is 0 Å². The molecule has 1 unspecified atom stereocenters. The van der Waals surface area contributed by atoms with Crippen LogP contribution in [0.1, 0.15) is 31.8 Å². The Labute approximate surface area is 191 Å². The van der Waals surface area contributed by atoms with Gasteiger partial charge in [0, 0.05) is 0 Å². The van der Waals surface area contributed by atoms with Crippen molar-refractivity contribution in [2.24, 2.45) is 0 Å². The maximum atomic E-state index is 12.8. The third kappa shape index (κ3) is 7.42. The van der Waals surface area contributed by atoms with E-state index < -0.39 is 46.1 Å². The van der Waals surface area contributed by atoms with E-state index in [9.17, 15) is 41.1 Å². The monoisotopic (exact) mass is 488 g/mol. The number of ether oxygens (including phenoxy) is 2. The molecule has 1 atom stereocenters. The second kappa shape index (κ2) is 11.0. The van der Waals surface area contributed by atoms with E-state index in [0.29, 0.717) is 29.1 Å². The molecule has 0 aromatic heterocycles. The molecule has 0 saturated carbocycles. The number of carbonyl (C=O) groups excluding carboxylic acids is 2. The average molecular weight is 488 g/mol. The summed E-state index contributed by atoms with van der Waals surface area (Å²) < 4.78 is 77.1. The van der Waals surface area contributed by atoms with Gasteiger partial charge < -0.3 is 14.6 Å². The largest absolute Gasteiger partial charge is 0.478 e. The number of alkyl halides is 3. The first-order valence-electron chi connectivity index (χ1n) is 9.53.